The van der Waals surface area contributed by atoms with Crippen LogP contribution in [0.15, 0.2) is 0 Å². The summed E-state index contributed by atoms with van der Waals surface area (Å²) in [6, 6.07) is 0.791. The lowest BCUT2D eigenvalue weighted by Crippen LogP contribution is -2.46. The summed E-state index contributed by atoms with van der Waals surface area (Å²) < 4.78 is 5.76. The number of hydrogen-bond acceptors (Lipinski definition) is 3. The van der Waals surface area contributed by atoms with Crippen molar-refractivity contribution in [1.29, 1.82) is 0 Å². The molecule has 0 aliphatic carbocycles. The first-order valence-corrected chi connectivity index (χ1v) is 7.35. The Labute approximate surface area is 106 Å². The molecule has 2 rings (SSSR count). The molecule has 0 amide bonds. The Morgan fingerprint density at radius 2 is 1.94 bits per heavy atom. The predicted octanol–water partition coefficient (Wildman–Crippen LogP) is 2.02. The smallest absolute Gasteiger partial charge is 0.0678 e. The summed E-state index contributed by atoms with van der Waals surface area (Å²) >= 11 is 0. The third-order valence-electron chi connectivity index (χ3n) is 3.93. The molecule has 0 radical (unpaired) electrons. The number of nitrogens with zero attached hydrogens (tertiary/aromatic N) is 1. The molecule has 3 unspecified atom stereocenters. The molecule has 100 valence electrons. The molecule has 0 spiro atoms. The number of hydrogen-bond donors (Lipinski definition) is 1. The van der Waals surface area contributed by atoms with Gasteiger partial charge in [-0.3, -0.25) is 4.90 Å². The van der Waals surface area contributed by atoms with Gasteiger partial charge in [-0.25, -0.2) is 0 Å². The van der Waals surface area contributed by atoms with Crippen LogP contribution in [0.25, 0.3) is 0 Å². The van der Waals surface area contributed by atoms with Crippen LogP contribution >= 0.6 is 0 Å². The Kier molecular flexibility index (Phi) is 5.26. The largest absolute Gasteiger partial charge is 0.373 e. The minimum absolute atomic E-state index is 0.409. The fraction of sp³-hybridized carbons (Fsp3) is 1.00. The maximum absolute atomic E-state index is 5.76. The summed E-state index contributed by atoms with van der Waals surface area (Å²) in [5.41, 5.74) is 0. The molecule has 0 aromatic carbocycles. The van der Waals surface area contributed by atoms with Crippen molar-refractivity contribution in [3.8, 4) is 0 Å². The molecule has 0 aromatic heterocycles. The minimum Gasteiger partial charge on any atom is -0.373 e. The summed E-state index contributed by atoms with van der Waals surface area (Å²) in [4.78, 5) is 2.57. The molecule has 0 saturated carbocycles. The quantitative estimate of drug-likeness (QED) is 0.813. The van der Waals surface area contributed by atoms with Crippen molar-refractivity contribution in [2.24, 2.45) is 0 Å². The second-order valence-electron chi connectivity index (χ2n) is 5.81. The highest BCUT2D eigenvalue weighted by Gasteiger charge is 2.22. The summed E-state index contributed by atoms with van der Waals surface area (Å²) in [6.07, 6.45) is 7.67. The number of ether oxygens (including phenoxy) is 1. The standard InChI is InChI=1S/C14H28N2O/c1-12-10-16(11-13(2)17-12)9-5-7-14-6-3-4-8-15-14/h12-15H,3-11H2,1-2H3. The first-order chi connectivity index (χ1) is 8.24. The Morgan fingerprint density at radius 1 is 1.18 bits per heavy atom. The highest BCUT2D eigenvalue weighted by molar-refractivity contribution is 4.75. The monoisotopic (exact) mass is 240 g/mol. The minimum atomic E-state index is 0.409. The Balaban J connectivity index is 1.60. The molecule has 3 heteroatoms. The van der Waals surface area contributed by atoms with Crippen LogP contribution < -0.4 is 5.32 Å². The van der Waals surface area contributed by atoms with E-state index in [-0.39, 0.29) is 0 Å². The SMILES string of the molecule is CC1CN(CCCC2CCCCN2)CC(C)O1. The van der Waals surface area contributed by atoms with Gasteiger partial charge in [0.15, 0.2) is 0 Å². The van der Waals surface area contributed by atoms with Crippen LogP contribution in [0, 0.1) is 0 Å². The van der Waals surface area contributed by atoms with Crippen LogP contribution in [0.4, 0.5) is 0 Å². The molecular weight excluding hydrogens is 212 g/mol. The maximum atomic E-state index is 5.76. The van der Waals surface area contributed by atoms with Crippen LogP contribution in [0.1, 0.15) is 46.0 Å². The summed E-state index contributed by atoms with van der Waals surface area (Å²) in [7, 11) is 0. The topological polar surface area (TPSA) is 24.5 Å². The van der Waals surface area contributed by atoms with Crippen LogP contribution in [0.3, 0.4) is 0 Å². The molecule has 2 saturated heterocycles. The van der Waals surface area contributed by atoms with E-state index in [1.54, 1.807) is 0 Å². The van der Waals surface area contributed by atoms with Crippen LogP contribution in [0.2, 0.25) is 0 Å². The number of morpholine rings is 1. The zero-order valence-corrected chi connectivity index (χ0v) is 11.5. The van der Waals surface area contributed by atoms with Crippen molar-refractivity contribution in [2.45, 2.75) is 64.2 Å². The van der Waals surface area contributed by atoms with E-state index >= 15 is 0 Å². The van der Waals surface area contributed by atoms with Gasteiger partial charge in [-0.1, -0.05) is 6.42 Å². The first-order valence-electron chi connectivity index (χ1n) is 7.35. The van der Waals surface area contributed by atoms with E-state index in [9.17, 15) is 0 Å². The number of piperidine rings is 1. The predicted molar refractivity (Wildman–Crippen MR) is 71.3 cm³/mol. The van der Waals surface area contributed by atoms with Gasteiger partial charge in [0, 0.05) is 19.1 Å². The van der Waals surface area contributed by atoms with E-state index in [0.29, 0.717) is 12.2 Å². The van der Waals surface area contributed by atoms with Crippen molar-refractivity contribution in [3.05, 3.63) is 0 Å². The van der Waals surface area contributed by atoms with Crippen molar-refractivity contribution in [3.63, 3.8) is 0 Å². The maximum Gasteiger partial charge on any atom is 0.0678 e. The molecule has 2 heterocycles. The van der Waals surface area contributed by atoms with Gasteiger partial charge in [0.05, 0.1) is 12.2 Å². The Bertz CT molecular complexity index is 206. The summed E-state index contributed by atoms with van der Waals surface area (Å²) in [6.45, 7) is 9.08. The van der Waals surface area contributed by atoms with Crippen molar-refractivity contribution < 1.29 is 4.74 Å². The second-order valence-corrected chi connectivity index (χ2v) is 5.81. The van der Waals surface area contributed by atoms with Crippen LogP contribution in [-0.2, 0) is 4.74 Å². The lowest BCUT2D eigenvalue weighted by atomic mass is 10.0. The highest BCUT2D eigenvalue weighted by Crippen LogP contribution is 2.14. The molecule has 17 heavy (non-hydrogen) atoms. The molecule has 3 atom stereocenters. The van der Waals surface area contributed by atoms with Gasteiger partial charge in [-0.05, 0) is 52.6 Å². The third-order valence-corrected chi connectivity index (χ3v) is 3.93. The average Bonchev–Trinajstić information content (AvgIpc) is 2.29. The normalized spacial score (nSPS) is 36.0. The zero-order chi connectivity index (χ0) is 12.1. The lowest BCUT2D eigenvalue weighted by Gasteiger charge is -2.35. The van der Waals surface area contributed by atoms with E-state index in [1.807, 2.05) is 0 Å². The lowest BCUT2D eigenvalue weighted by molar-refractivity contribution is -0.0682. The summed E-state index contributed by atoms with van der Waals surface area (Å²) in [5, 5.41) is 3.63. The zero-order valence-electron chi connectivity index (χ0n) is 11.5. The van der Waals surface area contributed by atoms with Gasteiger partial charge >= 0.3 is 0 Å². The molecule has 0 bridgehead atoms. The Hall–Kier alpha value is -0.120. The molecular formula is C14H28N2O. The van der Waals surface area contributed by atoms with Crippen molar-refractivity contribution in [2.75, 3.05) is 26.2 Å². The molecule has 2 fully saturated rings. The molecule has 2 aliphatic rings. The highest BCUT2D eigenvalue weighted by atomic mass is 16.5. The fourth-order valence-corrected chi connectivity index (χ4v) is 3.20. The first kappa shape index (κ1) is 13.3. The van der Waals surface area contributed by atoms with E-state index in [0.717, 1.165) is 19.1 Å². The van der Waals surface area contributed by atoms with Crippen molar-refractivity contribution >= 4 is 0 Å². The van der Waals surface area contributed by atoms with Gasteiger partial charge in [0.1, 0.15) is 0 Å². The van der Waals surface area contributed by atoms with Gasteiger partial charge < -0.3 is 10.1 Å². The third kappa shape index (κ3) is 4.57. The average molecular weight is 240 g/mol. The number of rotatable bonds is 4. The molecule has 2 aliphatic heterocycles. The van der Waals surface area contributed by atoms with Crippen LogP contribution in [-0.4, -0.2) is 49.3 Å². The van der Waals surface area contributed by atoms with Gasteiger partial charge in [-0.15, -0.1) is 0 Å². The Morgan fingerprint density at radius 3 is 2.59 bits per heavy atom. The molecule has 0 aromatic rings. The fourth-order valence-electron chi connectivity index (χ4n) is 3.20. The van der Waals surface area contributed by atoms with Gasteiger partial charge in [0.2, 0.25) is 0 Å². The summed E-state index contributed by atoms with van der Waals surface area (Å²) in [5.74, 6) is 0. The van der Waals surface area contributed by atoms with Gasteiger partial charge in [-0.2, -0.15) is 0 Å². The van der Waals surface area contributed by atoms with E-state index in [2.05, 4.69) is 24.1 Å². The van der Waals surface area contributed by atoms with E-state index in [4.69, 9.17) is 4.74 Å². The van der Waals surface area contributed by atoms with E-state index in [1.165, 1.54) is 45.2 Å². The molecule has 3 nitrogen and oxygen atoms in total. The number of nitrogens with one attached hydrogen (secondary N) is 1. The molecule has 1 N–H and O–H groups in total. The van der Waals surface area contributed by atoms with Crippen molar-refractivity contribution in [1.82, 2.24) is 10.2 Å². The van der Waals surface area contributed by atoms with Gasteiger partial charge in [0.25, 0.3) is 0 Å². The second kappa shape index (κ2) is 6.72. The van der Waals surface area contributed by atoms with E-state index < -0.39 is 0 Å². The van der Waals surface area contributed by atoms with Crippen LogP contribution in [0.5, 0.6) is 0 Å².